The van der Waals surface area contributed by atoms with Gasteiger partial charge in [-0.2, -0.15) is 0 Å². The van der Waals surface area contributed by atoms with Crippen LogP contribution in [-0.4, -0.2) is 21.1 Å². The van der Waals surface area contributed by atoms with Gasteiger partial charge in [0.15, 0.2) is 0 Å². The van der Waals surface area contributed by atoms with Crippen molar-refractivity contribution in [1.29, 1.82) is 0 Å². The molecule has 0 bridgehead atoms. The first-order valence-corrected chi connectivity index (χ1v) is 4.02. The molecule has 0 saturated heterocycles. The van der Waals surface area contributed by atoms with Gasteiger partial charge in [0.2, 0.25) is 11.6 Å². The summed E-state index contributed by atoms with van der Waals surface area (Å²) in [5.74, 6) is -2.60. The van der Waals surface area contributed by atoms with E-state index in [0.717, 1.165) is 0 Å². The molecule has 0 aliphatic heterocycles. The second-order valence-corrected chi connectivity index (χ2v) is 4.41. The topological polar surface area (TPSA) is 51.2 Å². The number of ketones is 3. The van der Waals surface area contributed by atoms with Crippen LogP contribution in [0.25, 0.3) is 0 Å². The molecule has 6 heteroatoms. The van der Waals surface area contributed by atoms with Gasteiger partial charge in [-0.3, -0.25) is 14.4 Å². The van der Waals surface area contributed by atoms with Crippen molar-refractivity contribution < 1.29 is 14.4 Å². The molecular formula is C6H5Cl3O3. The van der Waals surface area contributed by atoms with Crippen molar-refractivity contribution >= 4 is 52.2 Å². The molecule has 0 aromatic rings. The second-order valence-electron chi connectivity index (χ2n) is 2.13. The van der Waals surface area contributed by atoms with Crippen LogP contribution in [0.3, 0.4) is 0 Å². The molecule has 0 N–H and O–H groups in total. The van der Waals surface area contributed by atoms with Gasteiger partial charge in [0, 0.05) is 0 Å². The molecule has 0 heterocycles. The minimum absolute atomic E-state index is 0.442. The van der Waals surface area contributed by atoms with Crippen LogP contribution in [0.2, 0.25) is 0 Å². The Labute approximate surface area is 84.0 Å². The van der Waals surface area contributed by atoms with Crippen LogP contribution in [0.1, 0.15) is 13.3 Å². The molecule has 0 amide bonds. The van der Waals surface area contributed by atoms with E-state index in [1.165, 1.54) is 6.92 Å². The highest BCUT2D eigenvalue weighted by Gasteiger charge is 2.35. The van der Waals surface area contributed by atoms with Crippen LogP contribution in [0.5, 0.6) is 0 Å². The zero-order valence-corrected chi connectivity index (χ0v) is 8.33. The third-order valence-electron chi connectivity index (χ3n) is 0.920. The van der Waals surface area contributed by atoms with E-state index in [-0.39, 0.29) is 0 Å². The van der Waals surface area contributed by atoms with Gasteiger partial charge < -0.3 is 0 Å². The first-order chi connectivity index (χ1) is 5.25. The van der Waals surface area contributed by atoms with Crippen molar-refractivity contribution in [3.05, 3.63) is 0 Å². The van der Waals surface area contributed by atoms with E-state index in [1.54, 1.807) is 0 Å². The molecule has 0 aliphatic rings. The molecule has 68 valence electrons. The van der Waals surface area contributed by atoms with Crippen molar-refractivity contribution in [2.24, 2.45) is 0 Å². The molecule has 0 saturated carbocycles. The minimum Gasteiger partial charge on any atom is -0.300 e. The lowest BCUT2D eigenvalue weighted by Gasteiger charge is -2.06. The highest BCUT2D eigenvalue weighted by Crippen LogP contribution is 2.27. The maximum atomic E-state index is 10.8. The highest BCUT2D eigenvalue weighted by atomic mass is 35.6. The number of carbonyl (C=O) groups is 3. The molecule has 12 heavy (non-hydrogen) atoms. The molecule has 0 aromatic heterocycles. The lowest BCUT2D eigenvalue weighted by molar-refractivity contribution is -0.138. The van der Waals surface area contributed by atoms with Crippen molar-refractivity contribution in [2.75, 3.05) is 0 Å². The number of hydrogen-bond donors (Lipinski definition) is 0. The van der Waals surface area contributed by atoms with Crippen molar-refractivity contribution in [3.63, 3.8) is 0 Å². The number of rotatable bonds is 3. The van der Waals surface area contributed by atoms with E-state index in [0.29, 0.717) is 0 Å². The van der Waals surface area contributed by atoms with Crippen molar-refractivity contribution in [1.82, 2.24) is 0 Å². The average Bonchev–Trinajstić information content (AvgIpc) is 1.82. The van der Waals surface area contributed by atoms with Crippen molar-refractivity contribution in [2.45, 2.75) is 17.1 Å². The number of halogens is 3. The fourth-order valence-corrected chi connectivity index (χ4v) is 0.781. The Balaban J connectivity index is 4.32. The van der Waals surface area contributed by atoms with E-state index in [9.17, 15) is 14.4 Å². The van der Waals surface area contributed by atoms with Gasteiger partial charge in [-0.05, 0) is 6.92 Å². The summed E-state index contributed by atoms with van der Waals surface area (Å²) < 4.78 is -2.26. The Morgan fingerprint density at radius 2 is 1.58 bits per heavy atom. The molecule has 0 atom stereocenters. The quantitative estimate of drug-likeness (QED) is 0.420. The minimum atomic E-state index is -2.26. The zero-order valence-electron chi connectivity index (χ0n) is 6.07. The first-order valence-electron chi connectivity index (χ1n) is 2.89. The Morgan fingerprint density at radius 3 is 1.83 bits per heavy atom. The highest BCUT2D eigenvalue weighted by molar-refractivity contribution is 6.82. The molecule has 0 aliphatic carbocycles. The Morgan fingerprint density at radius 1 is 1.17 bits per heavy atom. The van der Waals surface area contributed by atoms with Gasteiger partial charge in [0.25, 0.3) is 3.79 Å². The first kappa shape index (κ1) is 11.9. The van der Waals surface area contributed by atoms with Crippen LogP contribution >= 0.6 is 34.8 Å². The fraction of sp³-hybridized carbons (Fsp3) is 0.500. The number of hydrogen-bond acceptors (Lipinski definition) is 3. The lowest BCUT2D eigenvalue weighted by Crippen LogP contribution is -2.29. The molecular weight excluding hydrogens is 226 g/mol. The van der Waals surface area contributed by atoms with Gasteiger partial charge >= 0.3 is 0 Å². The molecule has 0 radical (unpaired) electrons. The van der Waals surface area contributed by atoms with E-state index in [1.807, 2.05) is 0 Å². The van der Waals surface area contributed by atoms with E-state index in [2.05, 4.69) is 0 Å². The Hall–Kier alpha value is -0.120. The average molecular weight is 231 g/mol. The fourth-order valence-electron chi connectivity index (χ4n) is 0.464. The van der Waals surface area contributed by atoms with Gasteiger partial charge in [-0.1, -0.05) is 34.8 Å². The molecule has 0 unspecified atom stereocenters. The summed E-state index contributed by atoms with van der Waals surface area (Å²) in [6, 6.07) is 0. The molecule has 3 nitrogen and oxygen atoms in total. The monoisotopic (exact) mass is 230 g/mol. The number of Topliss-reactive ketones (excluding diaryl/α,β-unsaturated/α-hetero) is 3. The predicted molar refractivity (Wildman–Crippen MR) is 45.6 cm³/mol. The van der Waals surface area contributed by atoms with Gasteiger partial charge in [0.1, 0.15) is 5.78 Å². The number of carbonyl (C=O) groups excluding carboxylic acids is 3. The second kappa shape index (κ2) is 4.21. The molecule has 0 aromatic carbocycles. The summed E-state index contributed by atoms with van der Waals surface area (Å²) in [7, 11) is 0. The third-order valence-corrected chi connectivity index (χ3v) is 1.44. The van der Waals surface area contributed by atoms with Crippen LogP contribution in [0, 0.1) is 0 Å². The van der Waals surface area contributed by atoms with Gasteiger partial charge in [0.05, 0.1) is 6.42 Å². The zero-order chi connectivity index (χ0) is 9.94. The standard InChI is InChI=1S/C6H5Cl3O3/c1-3(10)2-4(11)5(12)6(7,8)9/h2H2,1H3. The summed E-state index contributed by atoms with van der Waals surface area (Å²) in [4.78, 5) is 32.0. The van der Waals surface area contributed by atoms with E-state index < -0.39 is 27.6 Å². The number of alkyl halides is 3. The Kier molecular flexibility index (Phi) is 4.17. The maximum absolute atomic E-state index is 10.8. The summed E-state index contributed by atoms with van der Waals surface area (Å²) >= 11 is 15.3. The normalized spacial score (nSPS) is 11.0. The van der Waals surface area contributed by atoms with Crippen LogP contribution in [-0.2, 0) is 14.4 Å². The smallest absolute Gasteiger partial charge is 0.256 e. The summed E-state index contributed by atoms with van der Waals surface area (Å²) in [5.41, 5.74) is 0. The summed E-state index contributed by atoms with van der Waals surface area (Å²) in [6.07, 6.45) is -0.521. The third kappa shape index (κ3) is 4.04. The SMILES string of the molecule is CC(=O)CC(=O)C(=O)C(Cl)(Cl)Cl. The summed E-state index contributed by atoms with van der Waals surface area (Å²) in [5, 5.41) is 0. The van der Waals surface area contributed by atoms with Gasteiger partial charge in [-0.25, -0.2) is 0 Å². The summed E-state index contributed by atoms with van der Waals surface area (Å²) in [6.45, 7) is 1.17. The van der Waals surface area contributed by atoms with Gasteiger partial charge in [-0.15, -0.1) is 0 Å². The van der Waals surface area contributed by atoms with Crippen LogP contribution in [0.15, 0.2) is 0 Å². The van der Waals surface area contributed by atoms with E-state index >= 15 is 0 Å². The maximum Gasteiger partial charge on any atom is 0.256 e. The molecule has 0 rings (SSSR count). The largest absolute Gasteiger partial charge is 0.300 e. The molecule has 0 spiro atoms. The Bertz CT molecular complexity index is 229. The molecule has 0 fully saturated rings. The van der Waals surface area contributed by atoms with Crippen LogP contribution < -0.4 is 0 Å². The lowest BCUT2D eigenvalue weighted by atomic mass is 10.1. The van der Waals surface area contributed by atoms with E-state index in [4.69, 9.17) is 34.8 Å². The van der Waals surface area contributed by atoms with Crippen molar-refractivity contribution in [3.8, 4) is 0 Å². The van der Waals surface area contributed by atoms with Crippen LogP contribution in [0.4, 0.5) is 0 Å². The predicted octanol–water partition coefficient (Wildman–Crippen LogP) is 1.47.